The Morgan fingerprint density at radius 2 is 1.89 bits per heavy atom. The van der Waals surface area contributed by atoms with Gasteiger partial charge in [0.1, 0.15) is 0 Å². The van der Waals surface area contributed by atoms with Gasteiger partial charge in [0.05, 0.1) is 6.04 Å². The summed E-state index contributed by atoms with van der Waals surface area (Å²) in [5, 5.41) is 0. The van der Waals surface area contributed by atoms with E-state index in [9.17, 15) is 4.79 Å². The molecule has 0 unspecified atom stereocenters. The first-order valence-electron chi connectivity index (χ1n) is 7.49. The topological polar surface area (TPSA) is 49.6 Å². The quantitative estimate of drug-likeness (QED) is 0.823. The van der Waals surface area contributed by atoms with Crippen LogP contribution in [0, 0.1) is 0 Å². The van der Waals surface area contributed by atoms with E-state index in [0.717, 1.165) is 44.4 Å². The van der Waals surface area contributed by atoms with Crippen LogP contribution < -0.4 is 5.73 Å². The molecule has 1 amide bonds. The average molecular weight is 285 g/mol. The van der Waals surface area contributed by atoms with Crippen LogP contribution in [0.3, 0.4) is 0 Å². The van der Waals surface area contributed by atoms with Crippen LogP contribution in [0.15, 0.2) is 0 Å². The average Bonchev–Trinajstić information content (AvgIpc) is 2.98. The van der Waals surface area contributed by atoms with Crippen molar-refractivity contribution < 1.29 is 4.79 Å². The lowest BCUT2D eigenvalue weighted by atomic mass is 10.1. The summed E-state index contributed by atoms with van der Waals surface area (Å²) < 4.78 is 0. The predicted octanol–water partition coefficient (Wildman–Crippen LogP) is 1.15. The third-order valence-corrected chi connectivity index (χ3v) is 5.06. The molecule has 0 radical (unpaired) electrons. The Morgan fingerprint density at radius 3 is 2.47 bits per heavy atom. The van der Waals surface area contributed by atoms with E-state index in [2.05, 4.69) is 11.2 Å². The van der Waals surface area contributed by atoms with Gasteiger partial charge in [-0.15, -0.1) is 0 Å². The van der Waals surface area contributed by atoms with Gasteiger partial charge in [0.2, 0.25) is 5.91 Å². The van der Waals surface area contributed by atoms with Crippen molar-refractivity contribution in [3.63, 3.8) is 0 Å². The number of nitrogens with two attached hydrogens (primary N) is 1. The molecule has 5 heteroatoms. The zero-order valence-corrected chi connectivity index (χ0v) is 12.8. The second-order valence-corrected chi connectivity index (χ2v) is 6.67. The molecule has 1 atom stereocenters. The summed E-state index contributed by atoms with van der Waals surface area (Å²) in [5.74, 6) is 1.12. The second-order valence-electron chi connectivity index (χ2n) is 5.69. The molecule has 2 N–H and O–H groups in total. The van der Waals surface area contributed by atoms with Crippen LogP contribution in [0.1, 0.15) is 32.1 Å². The molecule has 2 rings (SSSR count). The summed E-state index contributed by atoms with van der Waals surface area (Å²) in [6.45, 7) is 3.79. The van der Waals surface area contributed by atoms with E-state index in [0.29, 0.717) is 0 Å². The standard InChI is InChI=1S/C14H27N3OS/c1-19-11-6-13(15)14(18)17-9-7-16(8-10-17)12-4-2-3-5-12/h12-13H,2-11,15H2,1H3/t13-/m0/s1. The minimum Gasteiger partial charge on any atom is -0.339 e. The summed E-state index contributed by atoms with van der Waals surface area (Å²) in [4.78, 5) is 16.7. The molecule has 1 aliphatic heterocycles. The van der Waals surface area contributed by atoms with Gasteiger partial charge in [-0.1, -0.05) is 12.8 Å². The lowest BCUT2D eigenvalue weighted by Gasteiger charge is -2.38. The molecule has 1 heterocycles. The number of hydrogen-bond acceptors (Lipinski definition) is 4. The Morgan fingerprint density at radius 1 is 1.26 bits per heavy atom. The number of nitrogens with zero attached hydrogens (tertiary/aromatic N) is 2. The number of piperazine rings is 1. The highest BCUT2D eigenvalue weighted by Crippen LogP contribution is 2.24. The number of hydrogen-bond donors (Lipinski definition) is 1. The molecule has 19 heavy (non-hydrogen) atoms. The van der Waals surface area contributed by atoms with Gasteiger partial charge in [-0.05, 0) is 31.3 Å². The number of amides is 1. The van der Waals surface area contributed by atoms with E-state index in [1.165, 1.54) is 25.7 Å². The van der Waals surface area contributed by atoms with Crippen molar-refractivity contribution in [2.45, 2.75) is 44.2 Å². The third-order valence-electron chi connectivity index (χ3n) is 4.42. The minimum absolute atomic E-state index is 0.153. The van der Waals surface area contributed by atoms with Gasteiger partial charge in [-0.3, -0.25) is 9.69 Å². The van der Waals surface area contributed by atoms with Crippen molar-refractivity contribution in [1.82, 2.24) is 9.80 Å². The van der Waals surface area contributed by atoms with Crippen molar-refractivity contribution >= 4 is 17.7 Å². The van der Waals surface area contributed by atoms with Gasteiger partial charge >= 0.3 is 0 Å². The maximum Gasteiger partial charge on any atom is 0.239 e. The van der Waals surface area contributed by atoms with Gasteiger partial charge in [-0.25, -0.2) is 0 Å². The van der Waals surface area contributed by atoms with Crippen LogP contribution in [0.4, 0.5) is 0 Å². The second kappa shape index (κ2) is 7.50. The smallest absolute Gasteiger partial charge is 0.239 e. The van der Waals surface area contributed by atoms with E-state index in [1.54, 1.807) is 11.8 Å². The van der Waals surface area contributed by atoms with E-state index >= 15 is 0 Å². The maximum absolute atomic E-state index is 12.2. The van der Waals surface area contributed by atoms with E-state index in [4.69, 9.17) is 5.73 Å². The molecule has 0 aromatic carbocycles. The van der Waals surface area contributed by atoms with E-state index < -0.39 is 0 Å². The number of carbonyl (C=O) groups excluding carboxylic acids is 1. The summed E-state index contributed by atoms with van der Waals surface area (Å²) >= 11 is 1.75. The molecule has 1 saturated heterocycles. The fraction of sp³-hybridized carbons (Fsp3) is 0.929. The minimum atomic E-state index is -0.300. The van der Waals surface area contributed by atoms with Gasteiger partial charge in [-0.2, -0.15) is 11.8 Å². The SMILES string of the molecule is CSCC[C@H](N)C(=O)N1CCN(C2CCCC2)CC1. The fourth-order valence-corrected chi connectivity index (χ4v) is 3.67. The van der Waals surface area contributed by atoms with Crippen LogP contribution >= 0.6 is 11.8 Å². The van der Waals surface area contributed by atoms with Crippen LogP contribution in [0.25, 0.3) is 0 Å². The highest BCUT2D eigenvalue weighted by Gasteiger charge is 2.29. The summed E-state index contributed by atoms with van der Waals surface area (Å²) in [7, 11) is 0. The number of rotatable bonds is 5. The fourth-order valence-electron chi connectivity index (χ4n) is 3.18. The highest BCUT2D eigenvalue weighted by atomic mass is 32.2. The first-order chi connectivity index (χ1) is 9.22. The van der Waals surface area contributed by atoms with Crippen molar-refractivity contribution in [3.05, 3.63) is 0 Å². The van der Waals surface area contributed by atoms with Crippen LogP contribution in [0.5, 0.6) is 0 Å². The van der Waals surface area contributed by atoms with Gasteiger partial charge in [0, 0.05) is 32.2 Å². The van der Waals surface area contributed by atoms with Crippen LogP contribution in [0.2, 0.25) is 0 Å². The lowest BCUT2D eigenvalue weighted by molar-refractivity contribution is -0.134. The molecular formula is C14H27N3OS. The maximum atomic E-state index is 12.2. The number of carbonyl (C=O) groups is 1. The van der Waals surface area contributed by atoms with Crippen LogP contribution in [-0.2, 0) is 4.79 Å². The molecular weight excluding hydrogens is 258 g/mol. The largest absolute Gasteiger partial charge is 0.339 e. The van der Waals surface area contributed by atoms with Crippen molar-refractivity contribution in [2.24, 2.45) is 5.73 Å². The first kappa shape index (κ1) is 15.1. The Bertz CT molecular complexity index is 286. The molecule has 0 spiro atoms. The molecule has 0 aromatic rings. The lowest BCUT2D eigenvalue weighted by Crippen LogP contribution is -2.54. The summed E-state index contributed by atoms with van der Waals surface area (Å²) in [6, 6.07) is 0.480. The molecule has 2 aliphatic rings. The third kappa shape index (κ3) is 4.10. The first-order valence-corrected chi connectivity index (χ1v) is 8.89. The normalized spacial score (nSPS) is 23.8. The summed E-state index contributed by atoms with van der Waals surface area (Å²) in [6.07, 6.45) is 8.30. The number of thioether (sulfide) groups is 1. The van der Waals surface area contributed by atoms with Crippen molar-refractivity contribution in [1.29, 1.82) is 0 Å². The van der Waals surface area contributed by atoms with E-state index in [-0.39, 0.29) is 11.9 Å². The molecule has 1 saturated carbocycles. The van der Waals surface area contributed by atoms with Gasteiger partial charge in [0.15, 0.2) is 0 Å². The highest BCUT2D eigenvalue weighted by molar-refractivity contribution is 7.98. The molecule has 4 nitrogen and oxygen atoms in total. The predicted molar refractivity (Wildman–Crippen MR) is 81.4 cm³/mol. The molecule has 1 aliphatic carbocycles. The zero-order valence-electron chi connectivity index (χ0n) is 12.0. The van der Waals surface area contributed by atoms with Crippen molar-refractivity contribution in [3.8, 4) is 0 Å². The van der Waals surface area contributed by atoms with Crippen LogP contribution in [-0.4, -0.2) is 66.0 Å². The Kier molecular flexibility index (Phi) is 5.98. The van der Waals surface area contributed by atoms with E-state index in [1.807, 2.05) is 4.90 Å². The molecule has 0 bridgehead atoms. The molecule has 110 valence electrons. The van der Waals surface area contributed by atoms with Gasteiger partial charge < -0.3 is 10.6 Å². The van der Waals surface area contributed by atoms with Crippen molar-refractivity contribution in [2.75, 3.05) is 38.2 Å². The van der Waals surface area contributed by atoms with Gasteiger partial charge in [0.25, 0.3) is 0 Å². The zero-order chi connectivity index (χ0) is 13.7. The molecule has 0 aromatic heterocycles. The Labute approximate surface area is 121 Å². The molecule has 2 fully saturated rings. The monoisotopic (exact) mass is 285 g/mol. The Balaban J connectivity index is 1.74. The Hall–Kier alpha value is -0.260. The summed E-state index contributed by atoms with van der Waals surface area (Å²) in [5.41, 5.74) is 5.97.